The zero-order valence-electron chi connectivity index (χ0n) is 23.1. The molecule has 1 saturated heterocycles. The molecule has 210 valence electrons. The maximum atomic E-state index is 13.5. The minimum atomic E-state index is -3.42. The number of hydrogen-bond acceptors (Lipinski definition) is 8. The number of piperazine rings is 1. The van der Waals surface area contributed by atoms with Crippen molar-refractivity contribution in [2.24, 2.45) is 0 Å². The Balaban J connectivity index is 1.40. The van der Waals surface area contributed by atoms with Crippen molar-refractivity contribution in [3.8, 4) is 11.1 Å². The molecule has 0 unspecified atom stereocenters. The van der Waals surface area contributed by atoms with Crippen LogP contribution in [0.4, 0.5) is 17.3 Å². The molecule has 2 aromatic heterocycles. The lowest BCUT2D eigenvalue weighted by Crippen LogP contribution is -2.48. The molecule has 5 rings (SSSR count). The molecule has 0 atom stereocenters. The summed E-state index contributed by atoms with van der Waals surface area (Å²) in [5, 5.41) is 4.11. The van der Waals surface area contributed by atoms with E-state index in [1.807, 2.05) is 19.1 Å². The standard InChI is InChI=1S/C29H33ClN6O3S/c1-5-36-27-20(16-25(28(36)37)24-11-10-23(17-26(24)30)40(4,38)39)18-31-29(33-27)32-21-6-8-22(9-7-21)35-14-12-34(13-15-35)19(2)3/h6-11,16-19H,5,12-15H2,1-4H3,(H,31,32,33). The summed E-state index contributed by atoms with van der Waals surface area (Å²) in [6.45, 7) is 10.8. The zero-order chi connectivity index (χ0) is 28.6. The second-order valence-electron chi connectivity index (χ2n) is 10.3. The highest BCUT2D eigenvalue weighted by Crippen LogP contribution is 2.30. The summed E-state index contributed by atoms with van der Waals surface area (Å²) in [5.41, 5.74) is 3.07. The summed E-state index contributed by atoms with van der Waals surface area (Å²) >= 11 is 6.42. The predicted molar refractivity (Wildman–Crippen MR) is 162 cm³/mol. The number of aryl methyl sites for hydroxylation is 1. The van der Waals surface area contributed by atoms with Gasteiger partial charge in [0.15, 0.2) is 9.84 Å². The molecule has 9 nitrogen and oxygen atoms in total. The molecule has 3 heterocycles. The summed E-state index contributed by atoms with van der Waals surface area (Å²) in [6.07, 6.45) is 2.78. The van der Waals surface area contributed by atoms with E-state index in [1.54, 1.807) is 22.9 Å². The van der Waals surface area contributed by atoms with Crippen LogP contribution in [0.3, 0.4) is 0 Å². The van der Waals surface area contributed by atoms with Gasteiger partial charge < -0.3 is 10.2 Å². The van der Waals surface area contributed by atoms with Crippen molar-refractivity contribution in [2.45, 2.75) is 38.3 Å². The maximum Gasteiger partial charge on any atom is 0.260 e. The van der Waals surface area contributed by atoms with Gasteiger partial charge in [-0.25, -0.2) is 13.4 Å². The molecule has 4 aromatic rings. The van der Waals surface area contributed by atoms with E-state index in [0.717, 1.165) is 38.1 Å². The number of aromatic nitrogens is 3. The molecule has 1 N–H and O–H groups in total. The van der Waals surface area contributed by atoms with Crippen molar-refractivity contribution < 1.29 is 8.42 Å². The van der Waals surface area contributed by atoms with Crippen molar-refractivity contribution in [1.29, 1.82) is 0 Å². The summed E-state index contributed by atoms with van der Waals surface area (Å²) in [5.74, 6) is 0.385. The molecular formula is C29H33ClN6O3S. The third-order valence-electron chi connectivity index (χ3n) is 7.34. The number of anilines is 3. The van der Waals surface area contributed by atoms with E-state index in [1.165, 1.54) is 17.8 Å². The Hall–Kier alpha value is -3.47. The Morgan fingerprint density at radius 3 is 2.30 bits per heavy atom. The van der Waals surface area contributed by atoms with Gasteiger partial charge in [-0.1, -0.05) is 17.7 Å². The fraction of sp³-hybridized carbons (Fsp3) is 0.345. The zero-order valence-corrected chi connectivity index (χ0v) is 24.6. The van der Waals surface area contributed by atoms with E-state index in [4.69, 9.17) is 11.6 Å². The van der Waals surface area contributed by atoms with Crippen molar-refractivity contribution >= 4 is 49.8 Å². The number of fused-ring (bicyclic) bond motifs is 1. The monoisotopic (exact) mass is 580 g/mol. The van der Waals surface area contributed by atoms with Crippen LogP contribution in [0.5, 0.6) is 0 Å². The largest absolute Gasteiger partial charge is 0.369 e. The SMILES string of the molecule is CCn1c(=O)c(-c2ccc(S(C)(=O)=O)cc2Cl)cc2cnc(Nc3ccc(N4CCN(C(C)C)CC4)cc3)nc21. The van der Waals surface area contributed by atoms with Gasteiger partial charge in [0.05, 0.1) is 4.90 Å². The van der Waals surface area contributed by atoms with Crippen LogP contribution in [-0.4, -0.2) is 66.3 Å². The quantitative estimate of drug-likeness (QED) is 0.332. The van der Waals surface area contributed by atoms with Crippen molar-refractivity contribution in [1.82, 2.24) is 19.4 Å². The lowest BCUT2D eigenvalue weighted by atomic mass is 10.1. The van der Waals surface area contributed by atoms with E-state index in [-0.39, 0.29) is 15.5 Å². The predicted octanol–water partition coefficient (Wildman–Crippen LogP) is 4.81. The van der Waals surface area contributed by atoms with Gasteiger partial charge in [0.1, 0.15) is 5.65 Å². The lowest BCUT2D eigenvalue weighted by Gasteiger charge is -2.38. The molecule has 0 radical (unpaired) electrons. The van der Waals surface area contributed by atoms with Crippen LogP contribution in [0.25, 0.3) is 22.2 Å². The van der Waals surface area contributed by atoms with E-state index >= 15 is 0 Å². The molecule has 0 spiro atoms. The fourth-order valence-electron chi connectivity index (χ4n) is 5.03. The Kier molecular flexibility index (Phi) is 7.85. The molecule has 40 heavy (non-hydrogen) atoms. The molecule has 11 heteroatoms. The number of halogens is 1. The van der Waals surface area contributed by atoms with Crippen LogP contribution in [0.1, 0.15) is 20.8 Å². The van der Waals surface area contributed by atoms with Crippen LogP contribution in [0, 0.1) is 0 Å². The number of benzene rings is 2. The fourth-order valence-corrected chi connectivity index (χ4v) is 6.03. The summed E-state index contributed by atoms with van der Waals surface area (Å²) < 4.78 is 25.4. The highest BCUT2D eigenvalue weighted by Gasteiger charge is 2.20. The van der Waals surface area contributed by atoms with Crippen LogP contribution in [0.2, 0.25) is 5.02 Å². The van der Waals surface area contributed by atoms with Crippen molar-refractivity contribution in [3.05, 3.63) is 70.1 Å². The Bertz CT molecular complexity index is 1710. The first kappa shape index (κ1) is 28.1. The van der Waals surface area contributed by atoms with Gasteiger partial charge >= 0.3 is 0 Å². The topological polar surface area (TPSA) is 100 Å². The van der Waals surface area contributed by atoms with Crippen LogP contribution in [-0.2, 0) is 16.4 Å². The average Bonchev–Trinajstić information content (AvgIpc) is 2.93. The molecule has 1 fully saturated rings. The first-order chi connectivity index (χ1) is 19.0. The number of rotatable bonds is 7. The molecule has 1 aliphatic rings. The van der Waals surface area contributed by atoms with Crippen molar-refractivity contribution in [2.75, 3.05) is 42.7 Å². The lowest BCUT2D eigenvalue weighted by molar-refractivity contribution is 0.209. The normalized spacial score (nSPS) is 14.7. The van der Waals surface area contributed by atoms with Gasteiger partial charge in [-0.3, -0.25) is 14.3 Å². The first-order valence-electron chi connectivity index (χ1n) is 13.3. The highest BCUT2D eigenvalue weighted by atomic mass is 35.5. The minimum Gasteiger partial charge on any atom is -0.369 e. The van der Waals surface area contributed by atoms with Crippen LogP contribution >= 0.6 is 11.6 Å². The van der Waals surface area contributed by atoms with E-state index in [9.17, 15) is 13.2 Å². The van der Waals surface area contributed by atoms with Gasteiger partial charge in [0.2, 0.25) is 5.95 Å². The second kappa shape index (κ2) is 11.2. The van der Waals surface area contributed by atoms with Gasteiger partial charge in [-0.05, 0) is 63.2 Å². The molecule has 0 amide bonds. The highest BCUT2D eigenvalue weighted by molar-refractivity contribution is 7.90. The van der Waals surface area contributed by atoms with Gasteiger partial charge in [0, 0.05) is 84.1 Å². The summed E-state index contributed by atoms with van der Waals surface area (Å²) in [7, 11) is -3.42. The van der Waals surface area contributed by atoms with Gasteiger partial charge in [0.25, 0.3) is 5.56 Å². The number of pyridine rings is 1. The van der Waals surface area contributed by atoms with Crippen LogP contribution < -0.4 is 15.8 Å². The van der Waals surface area contributed by atoms with Gasteiger partial charge in [-0.15, -0.1) is 0 Å². The third kappa shape index (κ3) is 5.70. The molecule has 0 saturated carbocycles. The van der Waals surface area contributed by atoms with Crippen molar-refractivity contribution in [3.63, 3.8) is 0 Å². The average molecular weight is 581 g/mol. The number of sulfone groups is 1. The van der Waals surface area contributed by atoms with E-state index < -0.39 is 9.84 Å². The molecule has 0 bridgehead atoms. The second-order valence-corrected chi connectivity index (χ2v) is 12.7. The summed E-state index contributed by atoms with van der Waals surface area (Å²) in [6, 6.07) is 14.9. The molecule has 1 aliphatic heterocycles. The first-order valence-corrected chi connectivity index (χ1v) is 15.6. The Morgan fingerprint density at radius 2 is 1.70 bits per heavy atom. The Labute approximate surface area is 239 Å². The smallest absolute Gasteiger partial charge is 0.260 e. The Morgan fingerprint density at radius 1 is 1.00 bits per heavy atom. The van der Waals surface area contributed by atoms with Crippen LogP contribution in [0.15, 0.2) is 64.4 Å². The number of nitrogens with zero attached hydrogens (tertiary/aromatic N) is 5. The summed E-state index contributed by atoms with van der Waals surface area (Å²) in [4.78, 5) is 27.6. The minimum absolute atomic E-state index is 0.0960. The molecule has 2 aromatic carbocycles. The third-order valence-corrected chi connectivity index (χ3v) is 8.76. The van der Waals surface area contributed by atoms with E-state index in [2.05, 4.69) is 51.1 Å². The number of nitrogens with one attached hydrogen (secondary N) is 1. The van der Waals surface area contributed by atoms with E-state index in [0.29, 0.717) is 40.7 Å². The van der Waals surface area contributed by atoms with Gasteiger partial charge in [-0.2, -0.15) is 4.98 Å². The molecular weight excluding hydrogens is 548 g/mol. The maximum absolute atomic E-state index is 13.5. The number of hydrogen-bond donors (Lipinski definition) is 1. The molecule has 0 aliphatic carbocycles.